The normalized spacial score (nSPS) is 21.0. The van der Waals surface area contributed by atoms with Crippen molar-refractivity contribution in [2.45, 2.75) is 44.1 Å². The summed E-state index contributed by atoms with van der Waals surface area (Å²) < 4.78 is 10.8. The molecule has 0 spiro atoms. The van der Waals surface area contributed by atoms with Gasteiger partial charge in [0, 0.05) is 13.2 Å². The average Bonchev–Trinajstić information content (AvgIpc) is 3.02. The minimum absolute atomic E-state index is 0.240. The smallest absolute Gasteiger partial charge is 0.317 e. The third kappa shape index (κ3) is 3.27. The van der Waals surface area contributed by atoms with Gasteiger partial charge >= 0.3 is 5.97 Å². The zero-order valence-electron chi connectivity index (χ0n) is 12.9. The second-order valence-electron chi connectivity index (χ2n) is 5.77. The summed E-state index contributed by atoms with van der Waals surface area (Å²) >= 11 is 0. The quantitative estimate of drug-likeness (QED) is 0.817. The first-order chi connectivity index (χ1) is 10.1. The van der Waals surface area contributed by atoms with Crippen LogP contribution in [-0.4, -0.2) is 32.3 Å². The number of rotatable bonds is 6. The molecule has 1 saturated heterocycles. The van der Waals surface area contributed by atoms with E-state index in [1.165, 1.54) is 7.11 Å². The molecule has 4 nitrogen and oxygen atoms in total. The van der Waals surface area contributed by atoms with Crippen molar-refractivity contribution < 1.29 is 14.3 Å². The highest BCUT2D eigenvalue weighted by molar-refractivity contribution is 5.84. The molecule has 4 heteroatoms. The maximum atomic E-state index is 12.5. The Kier molecular flexibility index (Phi) is 5.37. The monoisotopic (exact) mass is 291 g/mol. The summed E-state index contributed by atoms with van der Waals surface area (Å²) in [7, 11) is 1.43. The molecule has 1 aliphatic heterocycles. The molecule has 0 bridgehead atoms. The molecule has 21 heavy (non-hydrogen) atoms. The molecule has 1 heterocycles. The molecule has 1 aromatic rings. The third-order valence-electron chi connectivity index (χ3n) is 4.50. The Morgan fingerprint density at radius 3 is 2.81 bits per heavy atom. The lowest BCUT2D eigenvalue weighted by atomic mass is 9.74. The molecule has 2 atom stereocenters. The van der Waals surface area contributed by atoms with Gasteiger partial charge in [-0.05, 0) is 43.7 Å². The van der Waals surface area contributed by atoms with Crippen LogP contribution < -0.4 is 5.73 Å². The summed E-state index contributed by atoms with van der Waals surface area (Å²) in [5.74, 6) is -0.253. The first-order valence-electron chi connectivity index (χ1n) is 7.60. The molecule has 1 aliphatic rings. The van der Waals surface area contributed by atoms with Crippen LogP contribution >= 0.6 is 0 Å². The van der Waals surface area contributed by atoms with E-state index >= 15 is 0 Å². The van der Waals surface area contributed by atoms with Gasteiger partial charge in [0.25, 0.3) is 0 Å². The minimum atomic E-state index is -0.772. The summed E-state index contributed by atoms with van der Waals surface area (Å²) in [5.41, 5.74) is 7.30. The molecule has 0 saturated carbocycles. The van der Waals surface area contributed by atoms with Crippen molar-refractivity contribution in [1.29, 1.82) is 0 Å². The maximum Gasteiger partial charge on any atom is 0.317 e. The summed E-state index contributed by atoms with van der Waals surface area (Å²) in [6, 6.07) is 7.91. The molecule has 0 aliphatic carbocycles. The summed E-state index contributed by atoms with van der Waals surface area (Å²) in [6.07, 6.45) is 3.90. The lowest BCUT2D eigenvalue weighted by Crippen LogP contribution is -2.45. The number of carbonyl (C=O) groups is 1. The Labute approximate surface area is 126 Å². The average molecular weight is 291 g/mol. The first-order valence-corrected chi connectivity index (χ1v) is 7.60. The zero-order valence-corrected chi connectivity index (χ0v) is 12.9. The molecule has 2 N–H and O–H groups in total. The van der Waals surface area contributed by atoms with Gasteiger partial charge in [-0.15, -0.1) is 0 Å². The van der Waals surface area contributed by atoms with E-state index in [2.05, 4.69) is 0 Å². The number of benzene rings is 1. The highest BCUT2D eigenvalue weighted by atomic mass is 16.5. The van der Waals surface area contributed by atoms with E-state index in [-0.39, 0.29) is 18.6 Å². The Morgan fingerprint density at radius 2 is 2.24 bits per heavy atom. The number of ether oxygens (including phenoxy) is 2. The molecule has 2 unspecified atom stereocenters. The van der Waals surface area contributed by atoms with E-state index < -0.39 is 5.41 Å². The van der Waals surface area contributed by atoms with Crippen molar-refractivity contribution in [1.82, 2.24) is 0 Å². The van der Waals surface area contributed by atoms with Crippen LogP contribution in [0.15, 0.2) is 24.3 Å². The van der Waals surface area contributed by atoms with Crippen LogP contribution in [0.2, 0.25) is 0 Å². The topological polar surface area (TPSA) is 61.5 Å². The molecule has 1 aromatic carbocycles. The maximum absolute atomic E-state index is 12.5. The van der Waals surface area contributed by atoms with E-state index in [1.54, 1.807) is 0 Å². The molecule has 116 valence electrons. The number of aryl methyl sites for hydroxylation is 1. The van der Waals surface area contributed by atoms with Gasteiger partial charge in [-0.2, -0.15) is 0 Å². The van der Waals surface area contributed by atoms with E-state index in [0.717, 1.165) is 37.0 Å². The fourth-order valence-corrected chi connectivity index (χ4v) is 3.23. The van der Waals surface area contributed by atoms with Gasteiger partial charge < -0.3 is 15.2 Å². The van der Waals surface area contributed by atoms with Crippen LogP contribution in [0, 0.1) is 6.92 Å². The number of hydrogen-bond donors (Lipinski definition) is 1. The van der Waals surface area contributed by atoms with E-state index in [9.17, 15) is 4.79 Å². The summed E-state index contributed by atoms with van der Waals surface area (Å²) in [4.78, 5) is 12.5. The summed E-state index contributed by atoms with van der Waals surface area (Å²) in [5, 5.41) is 0. The van der Waals surface area contributed by atoms with Gasteiger partial charge in [-0.3, -0.25) is 4.79 Å². The first kappa shape index (κ1) is 16.0. The van der Waals surface area contributed by atoms with Gasteiger partial charge in [0.05, 0.1) is 13.2 Å². The van der Waals surface area contributed by atoms with Gasteiger partial charge in [0.1, 0.15) is 5.41 Å². The SMILES string of the molecule is COC(=O)C(CN)(CCC1CCCO1)c1ccccc1C. The molecule has 2 rings (SSSR count). The molecular formula is C17H25NO3. The second-order valence-corrected chi connectivity index (χ2v) is 5.77. The molecule has 0 radical (unpaired) electrons. The Balaban J connectivity index is 2.28. The van der Waals surface area contributed by atoms with Crippen molar-refractivity contribution in [2.24, 2.45) is 5.73 Å². The predicted molar refractivity (Wildman–Crippen MR) is 82.1 cm³/mol. The molecular weight excluding hydrogens is 266 g/mol. The highest BCUT2D eigenvalue weighted by Gasteiger charge is 2.41. The van der Waals surface area contributed by atoms with Crippen LogP contribution in [0.4, 0.5) is 0 Å². The van der Waals surface area contributed by atoms with Gasteiger partial charge in [0.15, 0.2) is 0 Å². The van der Waals surface area contributed by atoms with Gasteiger partial charge in [-0.25, -0.2) is 0 Å². The van der Waals surface area contributed by atoms with Crippen LogP contribution in [0.5, 0.6) is 0 Å². The number of carbonyl (C=O) groups excluding carboxylic acids is 1. The van der Waals surface area contributed by atoms with Crippen molar-refractivity contribution in [3.8, 4) is 0 Å². The highest BCUT2D eigenvalue weighted by Crippen LogP contribution is 2.34. The van der Waals surface area contributed by atoms with Gasteiger partial charge in [-0.1, -0.05) is 24.3 Å². The minimum Gasteiger partial charge on any atom is -0.468 e. The van der Waals surface area contributed by atoms with E-state index in [4.69, 9.17) is 15.2 Å². The largest absolute Gasteiger partial charge is 0.468 e. The Bertz CT molecular complexity index is 483. The van der Waals surface area contributed by atoms with E-state index in [1.807, 2.05) is 31.2 Å². The fraction of sp³-hybridized carbons (Fsp3) is 0.588. The lowest BCUT2D eigenvalue weighted by molar-refractivity contribution is -0.147. The van der Waals surface area contributed by atoms with Crippen molar-refractivity contribution in [3.05, 3.63) is 35.4 Å². The fourth-order valence-electron chi connectivity index (χ4n) is 3.23. The van der Waals surface area contributed by atoms with Gasteiger partial charge in [0.2, 0.25) is 0 Å². The summed E-state index contributed by atoms with van der Waals surface area (Å²) in [6.45, 7) is 3.08. The van der Waals surface area contributed by atoms with Crippen LogP contribution in [-0.2, 0) is 19.7 Å². The Hall–Kier alpha value is -1.39. The Morgan fingerprint density at radius 1 is 1.48 bits per heavy atom. The van der Waals surface area contributed by atoms with Crippen LogP contribution in [0.1, 0.15) is 36.8 Å². The molecule has 0 amide bonds. The number of hydrogen-bond acceptors (Lipinski definition) is 4. The zero-order chi connectivity index (χ0) is 15.3. The number of nitrogens with two attached hydrogens (primary N) is 1. The molecule has 0 aromatic heterocycles. The number of esters is 1. The number of methoxy groups -OCH3 is 1. The van der Waals surface area contributed by atoms with E-state index in [0.29, 0.717) is 6.42 Å². The van der Waals surface area contributed by atoms with Crippen molar-refractivity contribution in [3.63, 3.8) is 0 Å². The molecule has 1 fully saturated rings. The third-order valence-corrected chi connectivity index (χ3v) is 4.50. The van der Waals surface area contributed by atoms with Crippen molar-refractivity contribution in [2.75, 3.05) is 20.3 Å². The standard InChI is InChI=1S/C17H25NO3/c1-13-6-3-4-8-15(13)17(12-18,16(19)20-2)10-9-14-7-5-11-21-14/h3-4,6,8,14H,5,7,9-12,18H2,1-2H3. The predicted octanol–water partition coefficient (Wildman–Crippen LogP) is 2.32. The van der Waals surface area contributed by atoms with Crippen molar-refractivity contribution >= 4 is 5.97 Å². The van der Waals surface area contributed by atoms with Crippen LogP contribution in [0.25, 0.3) is 0 Å². The van der Waals surface area contributed by atoms with Crippen LogP contribution in [0.3, 0.4) is 0 Å². The lowest BCUT2D eigenvalue weighted by Gasteiger charge is -2.32. The second kappa shape index (κ2) is 7.05.